The van der Waals surface area contributed by atoms with Gasteiger partial charge in [0.05, 0.1) is 11.8 Å². The third-order valence-electron chi connectivity index (χ3n) is 7.25. The van der Waals surface area contributed by atoms with Crippen LogP contribution in [0, 0.1) is 5.92 Å². The lowest BCUT2D eigenvalue weighted by molar-refractivity contribution is -0.140. The van der Waals surface area contributed by atoms with Crippen molar-refractivity contribution >= 4 is 11.8 Å². The number of aromatic nitrogens is 2. The number of amides is 2. The molecule has 0 N–H and O–H groups in total. The molecule has 1 aromatic heterocycles. The first-order chi connectivity index (χ1) is 16.1. The standard InChI is InChI=1S/C25H28N4O4/c30-20-11-18-12-28(10-8-23(18)32-15-20)25(31)29-13-19(14-29)16-3-5-21(6-4-16)33-24-26-9-7-22(27-24)17-1-2-17/h3-7,9,17-19,23H,1-2,8,10-15H2/t18-,23+/m1/s1. The van der Waals surface area contributed by atoms with Gasteiger partial charge in [-0.1, -0.05) is 12.1 Å². The fourth-order valence-corrected chi connectivity index (χ4v) is 5.12. The van der Waals surface area contributed by atoms with Gasteiger partial charge >= 0.3 is 12.0 Å². The molecule has 0 spiro atoms. The SMILES string of the molecule is O=C1CO[C@H]2CCN(C(=O)N3CC(c4ccc(Oc5nccc(C6CC6)n5)cc4)C3)C[C@H]2C1. The lowest BCUT2D eigenvalue weighted by atomic mass is 9.87. The normalized spacial score (nSPS) is 25.4. The van der Waals surface area contributed by atoms with Gasteiger partial charge < -0.3 is 19.3 Å². The molecule has 1 saturated carbocycles. The third kappa shape index (κ3) is 4.31. The molecule has 0 unspecified atom stereocenters. The number of urea groups is 1. The molecule has 3 aliphatic heterocycles. The van der Waals surface area contributed by atoms with Gasteiger partial charge in [-0.2, -0.15) is 4.98 Å². The molecule has 1 aliphatic carbocycles. The number of nitrogens with zero attached hydrogens (tertiary/aromatic N) is 4. The van der Waals surface area contributed by atoms with Gasteiger partial charge in [-0.3, -0.25) is 4.79 Å². The first-order valence-corrected chi connectivity index (χ1v) is 11.9. The highest BCUT2D eigenvalue weighted by Crippen LogP contribution is 2.39. The number of carbonyl (C=O) groups excluding carboxylic acids is 2. The molecule has 2 amide bonds. The van der Waals surface area contributed by atoms with Crippen LogP contribution in [0.4, 0.5) is 4.79 Å². The van der Waals surface area contributed by atoms with Gasteiger partial charge in [-0.05, 0) is 43.0 Å². The molecule has 2 aromatic rings. The Hall–Kier alpha value is -3.00. The van der Waals surface area contributed by atoms with E-state index in [-0.39, 0.29) is 30.4 Å². The van der Waals surface area contributed by atoms with Crippen molar-refractivity contribution in [1.82, 2.24) is 19.8 Å². The summed E-state index contributed by atoms with van der Waals surface area (Å²) in [6, 6.07) is 10.4. The van der Waals surface area contributed by atoms with Crippen molar-refractivity contribution in [2.75, 3.05) is 32.8 Å². The topological polar surface area (TPSA) is 84.9 Å². The molecule has 4 heterocycles. The summed E-state index contributed by atoms with van der Waals surface area (Å²) in [4.78, 5) is 37.2. The van der Waals surface area contributed by atoms with E-state index in [1.807, 2.05) is 28.0 Å². The fourth-order valence-electron chi connectivity index (χ4n) is 5.12. The Morgan fingerprint density at radius 2 is 1.82 bits per heavy atom. The zero-order chi connectivity index (χ0) is 22.4. The predicted molar refractivity (Wildman–Crippen MR) is 119 cm³/mol. The molecule has 0 bridgehead atoms. The van der Waals surface area contributed by atoms with Crippen LogP contribution >= 0.6 is 0 Å². The van der Waals surface area contributed by atoms with E-state index < -0.39 is 0 Å². The number of likely N-dealkylation sites (tertiary alicyclic amines) is 2. The van der Waals surface area contributed by atoms with Gasteiger partial charge in [0.2, 0.25) is 0 Å². The number of hydrogen-bond acceptors (Lipinski definition) is 6. The van der Waals surface area contributed by atoms with Crippen LogP contribution in [-0.4, -0.2) is 70.5 Å². The van der Waals surface area contributed by atoms with Gasteiger partial charge in [0, 0.05) is 56.6 Å². The van der Waals surface area contributed by atoms with E-state index in [0.717, 1.165) is 12.1 Å². The first-order valence-electron chi connectivity index (χ1n) is 11.9. The van der Waals surface area contributed by atoms with Crippen molar-refractivity contribution < 1.29 is 19.1 Å². The van der Waals surface area contributed by atoms with Crippen LogP contribution in [0.15, 0.2) is 36.5 Å². The minimum atomic E-state index is 0.0790. The average molecular weight is 449 g/mol. The molecule has 0 radical (unpaired) electrons. The summed E-state index contributed by atoms with van der Waals surface area (Å²) < 4.78 is 11.5. The summed E-state index contributed by atoms with van der Waals surface area (Å²) >= 11 is 0. The summed E-state index contributed by atoms with van der Waals surface area (Å²) in [6.45, 7) is 2.97. The van der Waals surface area contributed by atoms with E-state index in [1.54, 1.807) is 6.20 Å². The van der Waals surface area contributed by atoms with Crippen LogP contribution < -0.4 is 4.74 Å². The molecular weight excluding hydrogens is 420 g/mol. The van der Waals surface area contributed by atoms with Crippen LogP contribution in [0.1, 0.15) is 48.8 Å². The minimum absolute atomic E-state index is 0.0790. The largest absolute Gasteiger partial charge is 0.424 e. The number of rotatable bonds is 4. The molecule has 8 nitrogen and oxygen atoms in total. The highest BCUT2D eigenvalue weighted by Gasteiger charge is 2.40. The van der Waals surface area contributed by atoms with Crippen molar-refractivity contribution in [3.05, 3.63) is 47.8 Å². The highest BCUT2D eigenvalue weighted by molar-refractivity contribution is 5.81. The maximum absolute atomic E-state index is 12.9. The molecule has 4 fully saturated rings. The molecule has 33 heavy (non-hydrogen) atoms. The maximum atomic E-state index is 12.9. The van der Waals surface area contributed by atoms with Crippen LogP contribution in [0.5, 0.6) is 11.8 Å². The first kappa shape index (κ1) is 20.6. The van der Waals surface area contributed by atoms with Crippen LogP contribution in [0.25, 0.3) is 0 Å². The van der Waals surface area contributed by atoms with E-state index in [0.29, 0.717) is 56.2 Å². The van der Waals surface area contributed by atoms with Gasteiger partial charge in [0.25, 0.3) is 0 Å². The summed E-state index contributed by atoms with van der Waals surface area (Å²) in [7, 11) is 0. The molecule has 172 valence electrons. The number of piperidine rings is 1. The van der Waals surface area contributed by atoms with Crippen molar-refractivity contribution in [1.29, 1.82) is 0 Å². The molecule has 1 aromatic carbocycles. The fraction of sp³-hybridized carbons (Fsp3) is 0.520. The van der Waals surface area contributed by atoms with E-state index in [9.17, 15) is 9.59 Å². The van der Waals surface area contributed by atoms with Crippen molar-refractivity contribution in [2.45, 2.75) is 43.6 Å². The summed E-state index contributed by atoms with van der Waals surface area (Å²) in [5.41, 5.74) is 2.26. The molecule has 4 aliphatic rings. The van der Waals surface area contributed by atoms with E-state index in [1.165, 1.54) is 18.4 Å². The Kier molecular flexibility index (Phi) is 5.25. The average Bonchev–Trinajstić information content (AvgIpc) is 3.64. The monoisotopic (exact) mass is 448 g/mol. The second-order valence-electron chi connectivity index (χ2n) is 9.68. The zero-order valence-corrected chi connectivity index (χ0v) is 18.6. The van der Waals surface area contributed by atoms with Gasteiger partial charge in [0.1, 0.15) is 12.4 Å². The van der Waals surface area contributed by atoms with Gasteiger partial charge in [0.15, 0.2) is 5.78 Å². The number of fused-ring (bicyclic) bond motifs is 1. The Balaban J connectivity index is 1.02. The Bertz CT molecular complexity index is 1050. The smallest absolute Gasteiger partial charge is 0.322 e. The predicted octanol–water partition coefficient (Wildman–Crippen LogP) is 3.35. The molecule has 6 rings (SSSR count). The lowest BCUT2D eigenvalue weighted by Crippen LogP contribution is -2.58. The Labute approximate surface area is 192 Å². The minimum Gasteiger partial charge on any atom is -0.424 e. The summed E-state index contributed by atoms with van der Waals surface area (Å²) in [6.07, 6.45) is 5.61. The zero-order valence-electron chi connectivity index (χ0n) is 18.6. The number of hydrogen-bond donors (Lipinski definition) is 0. The Morgan fingerprint density at radius 1 is 1.00 bits per heavy atom. The molecular formula is C25H28N4O4. The molecule has 2 atom stereocenters. The van der Waals surface area contributed by atoms with Gasteiger partial charge in [-0.15, -0.1) is 0 Å². The quantitative estimate of drug-likeness (QED) is 0.713. The Morgan fingerprint density at radius 3 is 2.61 bits per heavy atom. The number of ether oxygens (including phenoxy) is 2. The molecule has 3 saturated heterocycles. The lowest BCUT2D eigenvalue weighted by Gasteiger charge is -2.46. The van der Waals surface area contributed by atoms with Crippen molar-refractivity contribution in [2.24, 2.45) is 5.92 Å². The van der Waals surface area contributed by atoms with Crippen LogP contribution in [0.3, 0.4) is 0 Å². The number of benzene rings is 1. The maximum Gasteiger partial charge on any atom is 0.322 e. The number of ketones is 1. The summed E-state index contributed by atoms with van der Waals surface area (Å²) in [5.74, 6) is 1.89. The van der Waals surface area contributed by atoms with E-state index >= 15 is 0 Å². The van der Waals surface area contributed by atoms with Gasteiger partial charge in [-0.25, -0.2) is 9.78 Å². The van der Waals surface area contributed by atoms with Crippen LogP contribution in [-0.2, 0) is 9.53 Å². The summed E-state index contributed by atoms with van der Waals surface area (Å²) in [5, 5.41) is 0. The molecule has 8 heteroatoms. The van der Waals surface area contributed by atoms with Crippen molar-refractivity contribution in [3.8, 4) is 11.8 Å². The second kappa shape index (κ2) is 8.41. The highest BCUT2D eigenvalue weighted by atomic mass is 16.5. The second-order valence-corrected chi connectivity index (χ2v) is 9.68. The van der Waals surface area contributed by atoms with E-state index in [4.69, 9.17) is 9.47 Å². The number of carbonyl (C=O) groups is 2. The van der Waals surface area contributed by atoms with Crippen LogP contribution in [0.2, 0.25) is 0 Å². The van der Waals surface area contributed by atoms with E-state index in [2.05, 4.69) is 22.1 Å². The number of Topliss-reactive ketones (excluding diaryl/α,β-unsaturated/α-hetero) is 1. The third-order valence-corrected chi connectivity index (χ3v) is 7.25. The van der Waals surface area contributed by atoms with Crippen molar-refractivity contribution in [3.63, 3.8) is 0 Å².